The average Bonchev–Trinajstić information content (AvgIpc) is 1.97. The molecule has 0 aromatic heterocycles. The molecule has 13 heavy (non-hydrogen) atoms. The minimum Gasteiger partial charge on any atom is -0.369 e. The van der Waals surface area contributed by atoms with E-state index >= 15 is 0 Å². The van der Waals surface area contributed by atoms with E-state index in [0.717, 1.165) is 0 Å². The van der Waals surface area contributed by atoms with Gasteiger partial charge < -0.3 is 11.5 Å². The maximum absolute atomic E-state index is 10.9. The van der Waals surface area contributed by atoms with Crippen LogP contribution in [0.4, 0.5) is 0 Å². The standard InChI is InChI=1S/C8H17N3O2/c1-5(2)11(4-7(9)12)6(3)8(10)13/h5-6H,4H2,1-3H3,(H2,9,12)(H2,10,13). The Balaban J connectivity index is 4.41. The molecule has 2 amide bonds. The Morgan fingerprint density at radius 1 is 1.23 bits per heavy atom. The molecule has 0 rings (SSSR count). The number of hydrogen-bond acceptors (Lipinski definition) is 3. The minimum absolute atomic E-state index is 0.0573. The predicted octanol–water partition coefficient (Wildman–Crippen LogP) is -0.944. The summed E-state index contributed by atoms with van der Waals surface area (Å²) in [6.45, 7) is 5.47. The lowest BCUT2D eigenvalue weighted by molar-refractivity contribution is -0.126. The van der Waals surface area contributed by atoms with Gasteiger partial charge in [0.25, 0.3) is 0 Å². The van der Waals surface area contributed by atoms with Gasteiger partial charge in [0.15, 0.2) is 0 Å². The zero-order valence-electron chi connectivity index (χ0n) is 8.28. The number of hydrogen-bond donors (Lipinski definition) is 2. The van der Waals surface area contributed by atoms with Crippen molar-refractivity contribution in [2.75, 3.05) is 6.54 Å². The van der Waals surface area contributed by atoms with Crippen LogP contribution in [0.5, 0.6) is 0 Å². The number of rotatable bonds is 5. The zero-order chi connectivity index (χ0) is 10.6. The van der Waals surface area contributed by atoms with Crippen LogP contribution in [0.3, 0.4) is 0 Å². The molecular formula is C8H17N3O2. The molecule has 0 aliphatic carbocycles. The molecule has 0 bridgehead atoms. The maximum Gasteiger partial charge on any atom is 0.234 e. The Morgan fingerprint density at radius 2 is 1.69 bits per heavy atom. The first-order valence-corrected chi connectivity index (χ1v) is 4.19. The fourth-order valence-corrected chi connectivity index (χ4v) is 1.11. The predicted molar refractivity (Wildman–Crippen MR) is 49.7 cm³/mol. The summed E-state index contributed by atoms with van der Waals surface area (Å²) in [6.07, 6.45) is 0. The third-order valence-corrected chi connectivity index (χ3v) is 1.91. The number of nitrogens with two attached hydrogens (primary N) is 2. The zero-order valence-corrected chi connectivity index (χ0v) is 8.28. The van der Waals surface area contributed by atoms with Crippen molar-refractivity contribution in [1.82, 2.24) is 4.90 Å². The summed E-state index contributed by atoms with van der Waals surface area (Å²) in [5, 5.41) is 0. The van der Waals surface area contributed by atoms with Crippen LogP contribution in [0.25, 0.3) is 0 Å². The van der Waals surface area contributed by atoms with E-state index in [1.54, 1.807) is 11.8 Å². The van der Waals surface area contributed by atoms with Gasteiger partial charge in [-0.3, -0.25) is 14.5 Å². The monoisotopic (exact) mass is 187 g/mol. The molecule has 1 unspecified atom stereocenters. The second-order valence-electron chi connectivity index (χ2n) is 3.31. The summed E-state index contributed by atoms with van der Waals surface area (Å²) in [6, 6.07) is -0.400. The van der Waals surface area contributed by atoms with Gasteiger partial charge in [-0.1, -0.05) is 0 Å². The third-order valence-electron chi connectivity index (χ3n) is 1.91. The van der Waals surface area contributed by atoms with Crippen molar-refractivity contribution in [3.63, 3.8) is 0 Å². The largest absolute Gasteiger partial charge is 0.369 e. The van der Waals surface area contributed by atoms with Gasteiger partial charge in [-0.05, 0) is 20.8 Å². The Hall–Kier alpha value is -1.10. The Labute approximate surface area is 78.1 Å². The molecule has 5 nitrogen and oxygen atoms in total. The first kappa shape index (κ1) is 11.9. The molecule has 1 atom stereocenters. The fourth-order valence-electron chi connectivity index (χ4n) is 1.11. The molecular weight excluding hydrogens is 170 g/mol. The second kappa shape index (κ2) is 4.81. The van der Waals surface area contributed by atoms with Crippen molar-refractivity contribution < 1.29 is 9.59 Å². The van der Waals surface area contributed by atoms with E-state index in [2.05, 4.69) is 0 Å². The molecule has 0 aliphatic rings. The second-order valence-corrected chi connectivity index (χ2v) is 3.31. The molecule has 0 aromatic rings. The summed E-state index contributed by atoms with van der Waals surface area (Å²) < 4.78 is 0. The van der Waals surface area contributed by atoms with Gasteiger partial charge in [0.2, 0.25) is 11.8 Å². The van der Waals surface area contributed by atoms with E-state index in [1.165, 1.54) is 0 Å². The highest BCUT2D eigenvalue weighted by Crippen LogP contribution is 2.03. The van der Waals surface area contributed by atoms with Gasteiger partial charge in [0.05, 0.1) is 12.6 Å². The van der Waals surface area contributed by atoms with Crippen LogP contribution < -0.4 is 11.5 Å². The van der Waals surface area contributed by atoms with Gasteiger partial charge in [-0.25, -0.2) is 0 Å². The topological polar surface area (TPSA) is 89.4 Å². The van der Waals surface area contributed by atoms with Gasteiger partial charge in [-0.2, -0.15) is 0 Å². The van der Waals surface area contributed by atoms with Crippen molar-refractivity contribution in [1.29, 1.82) is 0 Å². The van der Waals surface area contributed by atoms with E-state index in [4.69, 9.17) is 11.5 Å². The van der Waals surface area contributed by atoms with Gasteiger partial charge in [0.1, 0.15) is 0 Å². The molecule has 0 saturated heterocycles. The smallest absolute Gasteiger partial charge is 0.234 e. The Kier molecular flexibility index (Phi) is 4.40. The van der Waals surface area contributed by atoms with E-state index in [-0.39, 0.29) is 12.6 Å². The van der Waals surface area contributed by atoms with E-state index in [9.17, 15) is 9.59 Å². The Bertz CT molecular complexity index is 204. The lowest BCUT2D eigenvalue weighted by atomic mass is 10.2. The molecule has 0 aliphatic heterocycles. The van der Waals surface area contributed by atoms with E-state index in [1.807, 2.05) is 13.8 Å². The molecule has 0 fully saturated rings. The van der Waals surface area contributed by atoms with Crippen LogP contribution in [0, 0.1) is 0 Å². The summed E-state index contributed by atoms with van der Waals surface area (Å²) in [7, 11) is 0. The van der Waals surface area contributed by atoms with Crippen LogP contribution >= 0.6 is 0 Å². The highest BCUT2D eigenvalue weighted by molar-refractivity contribution is 5.81. The molecule has 76 valence electrons. The van der Waals surface area contributed by atoms with Crippen LogP contribution in [-0.2, 0) is 9.59 Å². The van der Waals surface area contributed by atoms with Crippen molar-refractivity contribution >= 4 is 11.8 Å². The number of amides is 2. The lowest BCUT2D eigenvalue weighted by Crippen LogP contribution is -2.49. The first-order chi connectivity index (χ1) is 5.86. The van der Waals surface area contributed by atoms with Crippen LogP contribution in [0.2, 0.25) is 0 Å². The summed E-state index contributed by atoms with van der Waals surface area (Å²) in [4.78, 5) is 23.2. The van der Waals surface area contributed by atoms with Gasteiger partial charge >= 0.3 is 0 Å². The SMILES string of the molecule is CC(C)N(CC(N)=O)C(C)C(N)=O. The Morgan fingerprint density at radius 3 is 1.92 bits per heavy atom. The van der Waals surface area contributed by atoms with Crippen LogP contribution in [0.15, 0.2) is 0 Å². The van der Waals surface area contributed by atoms with E-state index in [0.29, 0.717) is 0 Å². The van der Waals surface area contributed by atoms with E-state index < -0.39 is 17.9 Å². The molecule has 0 aromatic carbocycles. The summed E-state index contributed by atoms with van der Waals surface area (Å²) in [5.74, 6) is -0.906. The highest BCUT2D eigenvalue weighted by Gasteiger charge is 2.22. The molecule has 5 heteroatoms. The number of carbonyl (C=O) groups excluding carboxylic acids is 2. The number of nitrogens with zero attached hydrogens (tertiary/aromatic N) is 1. The van der Waals surface area contributed by atoms with Crippen LogP contribution in [0.1, 0.15) is 20.8 Å². The molecule has 0 heterocycles. The fraction of sp³-hybridized carbons (Fsp3) is 0.750. The quantitative estimate of drug-likeness (QED) is 0.582. The first-order valence-electron chi connectivity index (χ1n) is 4.19. The molecule has 0 saturated carbocycles. The lowest BCUT2D eigenvalue weighted by Gasteiger charge is -2.29. The van der Waals surface area contributed by atoms with Crippen molar-refractivity contribution in [2.45, 2.75) is 32.9 Å². The molecule has 4 N–H and O–H groups in total. The van der Waals surface area contributed by atoms with Crippen molar-refractivity contribution in [3.8, 4) is 0 Å². The highest BCUT2D eigenvalue weighted by atomic mass is 16.2. The summed E-state index contributed by atoms with van der Waals surface area (Å²) >= 11 is 0. The third kappa shape index (κ3) is 3.89. The van der Waals surface area contributed by atoms with Gasteiger partial charge in [-0.15, -0.1) is 0 Å². The average molecular weight is 187 g/mol. The number of primary amides is 2. The summed E-state index contributed by atoms with van der Waals surface area (Å²) in [5.41, 5.74) is 10.2. The van der Waals surface area contributed by atoms with Gasteiger partial charge in [0, 0.05) is 6.04 Å². The van der Waals surface area contributed by atoms with Crippen molar-refractivity contribution in [2.24, 2.45) is 11.5 Å². The normalized spacial score (nSPS) is 13.3. The number of carbonyl (C=O) groups is 2. The van der Waals surface area contributed by atoms with Crippen molar-refractivity contribution in [3.05, 3.63) is 0 Å². The molecule has 0 radical (unpaired) electrons. The minimum atomic E-state index is -0.465. The maximum atomic E-state index is 10.9. The molecule has 0 spiro atoms. The van der Waals surface area contributed by atoms with Crippen LogP contribution in [-0.4, -0.2) is 35.3 Å².